The Kier molecular flexibility index (Phi) is 5.30. The minimum absolute atomic E-state index is 0.0637. The first-order valence-corrected chi connectivity index (χ1v) is 9.68. The molecule has 1 aromatic heterocycles. The number of aromatic nitrogens is 1. The first-order chi connectivity index (χ1) is 14.5. The second kappa shape index (κ2) is 8.21. The number of rotatable bonds is 5. The van der Waals surface area contributed by atoms with Crippen molar-refractivity contribution in [2.45, 2.75) is 13.8 Å². The summed E-state index contributed by atoms with van der Waals surface area (Å²) in [7, 11) is 0. The average Bonchev–Trinajstić information content (AvgIpc) is 3.19. The molecular formula is C24H21N3O3. The Morgan fingerprint density at radius 3 is 2.13 bits per heavy atom. The Bertz CT molecular complexity index is 1160. The Hall–Kier alpha value is -3.93. The second-order valence-corrected chi connectivity index (χ2v) is 7.24. The molecule has 4 aromatic rings. The molecule has 0 bridgehead atoms. The van der Waals surface area contributed by atoms with E-state index < -0.39 is 0 Å². The van der Waals surface area contributed by atoms with Crippen molar-refractivity contribution in [3.8, 4) is 11.5 Å². The van der Waals surface area contributed by atoms with Crippen molar-refractivity contribution in [1.29, 1.82) is 0 Å². The van der Waals surface area contributed by atoms with Gasteiger partial charge in [-0.1, -0.05) is 26.0 Å². The van der Waals surface area contributed by atoms with Crippen molar-refractivity contribution in [3.63, 3.8) is 0 Å². The monoisotopic (exact) mass is 399 g/mol. The van der Waals surface area contributed by atoms with Crippen molar-refractivity contribution < 1.29 is 14.0 Å². The molecule has 150 valence electrons. The van der Waals surface area contributed by atoms with Crippen molar-refractivity contribution >= 4 is 34.3 Å². The summed E-state index contributed by atoms with van der Waals surface area (Å²) in [6.07, 6.45) is 0. The van der Waals surface area contributed by atoms with Crippen LogP contribution in [0.2, 0.25) is 0 Å². The topological polar surface area (TPSA) is 84.2 Å². The lowest BCUT2D eigenvalue weighted by molar-refractivity contribution is -0.118. The van der Waals surface area contributed by atoms with Crippen LogP contribution in [0.3, 0.4) is 0 Å². The highest BCUT2D eigenvalue weighted by Gasteiger charge is 2.11. The molecule has 0 atom stereocenters. The number of carbonyl (C=O) groups is 2. The van der Waals surface area contributed by atoms with E-state index in [0.717, 1.165) is 16.7 Å². The van der Waals surface area contributed by atoms with Crippen molar-refractivity contribution in [2.24, 2.45) is 5.92 Å². The number of amides is 2. The molecule has 0 unspecified atom stereocenters. The maximum atomic E-state index is 12.5. The predicted molar refractivity (Wildman–Crippen MR) is 117 cm³/mol. The van der Waals surface area contributed by atoms with Crippen LogP contribution in [0, 0.1) is 5.92 Å². The lowest BCUT2D eigenvalue weighted by Gasteiger charge is -2.09. The minimum Gasteiger partial charge on any atom is -0.436 e. The van der Waals surface area contributed by atoms with Crippen LogP contribution in [-0.4, -0.2) is 16.8 Å². The van der Waals surface area contributed by atoms with E-state index in [9.17, 15) is 9.59 Å². The van der Waals surface area contributed by atoms with Crippen LogP contribution in [0.15, 0.2) is 77.2 Å². The van der Waals surface area contributed by atoms with Gasteiger partial charge in [0.15, 0.2) is 5.58 Å². The number of carbonyl (C=O) groups excluding carboxylic acids is 2. The summed E-state index contributed by atoms with van der Waals surface area (Å²) in [6.45, 7) is 3.65. The molecule has 3 aromatic carbocycles. The van der Waals surface area contributed by atoms with Gasteiger partial charge in [-0.2, -0.15) is 0 Å². The molecule has 0 spiro atoms. The van der Waals surface area contributed by atoms with Gasteiger partial charge < -0.3 is 15.1 Å². The number of hydrogen-bond acceptors (Lipinski definition) is 4. The Labute approximate surface area is 173 Å². The molecule has 1 heterocycles. The van der Waals surface area contributed by atoms with Gasteiger partial charge in [0.25, 0.3) is 5.91 Å². The molecule has 6 nitrogen and oxygen atoms in total. The Morgan fingerprint density at radius 1 is 0.833 bits per heavy atom. The number of nitrogens with zero attached hydrogens (tertiary/aromatic N) is 1. The number of para-hydroxylation sites is 2. The van der Waals surface area contributed by atoms with Gasteiger partial charge in [-0.3, -0.25) is 9.59 Å². The fraction of sp³-hybridized carbons (Fsp3) is 0.125. The summed E-state index contributed by atoms with van der Waals surface area (Å²) in [4.78, 5) is 28.7. The van der Waals surface area contributed by atoms with Crippen molar-refractivity contribution in [3.05, 3.63) is 78.4 Å². The highest BCUT2D eigenvalue weighted by molar-refractivity contribution is 6.04. The van der Waals surface area contributed by atoms with Gasteiger partial charge in [-0.25, -0.2) is 4.98 Å². The van der Waals surface area contributed by atoms with Crippen LogP contribution in [-0.2, 0) is 4.79 Å². The van der Waals surface area contributed by atoms with E-state index in [1.807, 2.05) is 50.2 Å². The van der Waals surface area contributed by atoms with E-state index in [1.54, 1.807) is 36.4 Å². The molecular weight excluding hydrogens is 378 g/mol. The van der Waals surface area contributed by atoms with Gasteiger partial charge >= 0.3 is 0 Å². The minimum atomic E-state index is -0.230. The SMILES string of the molecule is CC(C)C(=O)Nc1ccc(C(=O)Nc2ccc(-c3nc4ccccc4o3)cc2)cc1. The summed E-state index contributed by atoms with van der Waals surface area (Å²) in [5.41, 5.74) is 4.19. The van der Waals surface area contributed by atoms with Crippen molar-refractivity contribution in [1.82, 2.24) is 4.98 Å². The average molecular weight is 399 g/mol. The fourth-order valence-corrected chi connectivity index (χ4v) is 2.89. The largest absolute Gasteiger partial charge is 0.436 e. The number of nitrogens with one attached hydrogen (secondary N) is 2. The first kappa shape index (κ1) is 19.4. The van der Waals surface area contributed by atoms with E-state index in [4.69, 9.17) is 4.42 Å². The van der Waals surface area contributed by atoms with Crippen LogP contribution in [0.4, 0.5) is 11.4 Å². The van der Waals surface area contributed by atoms with E-state index in [1.165, 1.54) is 0 Å². The predicted octanol–water partition coefficient (Wildman–Crippen LogP) is 5.34. The highest BCUT2D eigenvalue weighted by atomic mass is 16.3. The van der Waals surface area contributed by atoms with Crippen LogP contribution in [0.1, 0.15) is 24.2 Å². The molecule has 0 saturated heterocycles. The zero-order chi connectivity index (χ0) is 21.1. The van der Waals surface area contributed by atoms with E-state index in [2.05, 4.69) is 15.6 Å². The van der Waals surface area contributed by atoms with Crippen LogP contribution >= 0.6 is 0 Å². The number of hydrogen-bond donors (Lipinski definition) is 2. The van der Waals surface area contributed by atoms with Crippen molar-refractivity contribution in [2.75, 3.05) is 10.6 Å². The molecule has 0 saturated carbocycles. The molecule has 2 N–H and O–H groups in total. The second-order valence-electron chi connectivity index (χ2n) is 7.24. The molecule has 30 heavy (non-hydrogen) atoms. The third-order valence-electron chi connectivity index (χ3n) is 4.62. The molecule has 2 amide bonds. The van der Waals surface area contributed by atoms with Crippen LogP contribution < -0.4 is 10.6 Å². The summed E-state index contributed by atoms with van der Waals surface area (Å²) in [5.74, 6) is 0.136. The number of benzene rings is 3. The standard InChI is InChI=1S/C24H21N3O3/c1-15(2)22(28)25-18-11-7-16(8-12-18)23(29)26-19-13-9-17(10-14-19)24-27-20-5-3-4-6-21(20)30-24/h3-15H,1-2H3,(H,25,28)(H,26,29). The van der Waals surface area contributed by atoms with Gasteiger partial charge in [-0.15, -0.1) is 0 Å². The fourth-order valence-electron chi connectivity index (χ4n) is 2.89. The van der Waals surface area contributed by atoms with Gasteiger partial charge in [0.1, 0.15) is 5.52 Å². The quantitative estimate of drug-likeness (QED) is 0.474. The molecule has 0 aliphatic carbocycles. The third kappa shape index (κ3) is 4.22. The number of fused-ring (bicyclic) bond motifs is 1. The van der Waals surface area contributed by atoms with E-state index in [0.29, 0.717) is 22.8 Å². The first-order valence-electron chi connectivity index (χ1n) is 9.68. The van der Waals surface area contributed by atoms with Crippen LogP contribution in [0.5, 0.6) is 0 Å². The smallest absolute Gasteiger partial charge is 0.255 e. The zero-order valence-corrected chi connectivity index (χ0v) is 16.7. The number of anilines is 2. The van der Waals surface area contributed by atoms with E-state index in [-0.39, 0.29) is 17.7 Å². The maximum Gasteiger partial charge on any atom is 0.255 e. The third-order valence-corrected chi connectivity index (χ3v) is 4.62. The van der Waals surface area contributed by atoms with E-state index >= 15 is 0 Å². The Morgan fingerprint density at radius 2 is 1.47 bits per heavy atom. The van der Waals surface area contributed by atoms with Gasteiger partial charge in [0, 0.05) is 28.4 Å². The number of oxazole rings is 1. The highest BCUT2D eigenvalue weighted by Crippen LogP contribution is 2.25. The summed E-state index contributed by atoms with van der Waals surface area (Å²) in [5, 5.41) is 5.67. The van der Waals surface area contributed by atoms with Gasteiger partial charge in [0.2, 0.25) is 11.8 Å². The molecule has 6 heteroatoms. The Balaban J connectivity index is 1.42. The molecule has 0 aliphatic heterocycles. The van der Waals surface area contributed by atoms with Crippen LogP contribution in [0.25, 0.3) is 22.6 Å². The summed E-state index contributed by atoms with van der Waals surface area (Å²) in [6, 6.07) is 21.7. The molecule has 0 aliphatic rings. The lowest BCUT2D eigenvalue weighted by atomic mass is 10.1. The summed E-state index contributed by atoms with van der Waals surface area (Å²) >= 11 is 0. The molecule has 4 rings (SSSR count). The summed E-state index contributed by atoms with van der Waals surface area (Å²) < 4.78 is 5.77. The maximum absolute atomic E-state index is 12.5. The van der Waals surface area contributed by atoms with Gasteiger partial charge in [0.05, 0.1) is 0 Å². The zero-order valence-electron chi connectivity index (χ0n) is 16.7. The molecule has 0 fully saturated rings. The molecule has 0 radical (unpaired) electrons. The normalized spacial score (nSPS) is 10.9. The van der Waals surface area contributed by atoms with Gasteiger partial charge in [-0.05, 0) is 60.7 Å². The lowest BCUT2D eigenvalue weighted by Crippen LogP contribution is -2.18.